The SMILES string of the molecule is C=CN=Nc1cccc2c1[nH]c1ccccc12. The predicted octanol–water partition coefficient (Wildman–Crippen LogP) is 4.55. The van der Waals surface area contributed by atoms with Crippen LogP contribution in [0.4, 0.5) is 5.69 Å². The van der Waals surface area contributed by atoms with Crippen LogP contribution in [0.1, 0.15) is 0 Å². The molecule has 0 radical (unpaired) electrons. The van der Waals surface area contributed by atoms with Gasteiger partial charge in [-0.25, -0.2) is 0 Å². The average molecular weight is 221 g/mol. The molecule has 0 saturated carbocycles. The van der Waals surface area contributed by atoms with E-state index < -0.39 is 0 Å². The number of H-pyrrole nitrogens is 1. The van der Waals surface area contributed by atoms with Gasteiger partial charge in [0.2, 0.25) is 0 Å². The summed E-state index contributed by atoms with van der Waals surface area (Å²) < 4.78 is 0. The monoisotopic (exact) mass is 221 g/mol. The van der Waals surface area contributed by atoms with Crippen molar-refractivity contribution in [1.82, 2.24) is 4.98 Å². The fourth-order valence-electron chi connectivity index (χ4n) is 2.04. The molecule has 82 valence electrons. The van der Waals surface area contributed by atoms with Crippen LogP contribution in [0.25, 0.3) is 21.8 Å². The molecule has 3 nitrogen and oxygen atoms in total. The smallest absolute Gasteiger partial charge is 0.110 e. The van der Waals surface area contributed by atoms with Gasteiger partial charge in [-0.05, 0) is 12.1 Å². The van der Waals surface area contributed by atoms with E-state index in [4.69, 9.17) is 0 Å². The van der Waals surface area contributed by atoms with Crippen LogP contribution in [0.3, 0.4) is 0 Å². The summed E-state index contributed by atoms with van der Waals surface area (Å²) in [5.41, 5.74) is 2.96. The molecule has 3 heteroatoms. The minimum absolute atomic E-state index is 0.832. The summed E-state index contributed by atoms with van der Waals surface area (Å²) in [6.07, 6.45) is 1.43. The number of aromatic nitrogens is 1. The molecule has 1 N–H and O–H groups in total. The highest BCUT2D eigenvalue weighted by Crippen LogP contribution is 2.31. The van der Waals surface area contributed by atoms with Crippen molar-refractivity contribution in [3.63, 3.8) is 0 Å². The van der Waals surface area contributed by atoms with E-state index in [0.717, 1.165) is 16.7 Å². The van der Waals surface area contributed by atoms with Gasteiger partial charge in [0, 0.05) is 22.5 Å². The minimum Gasteiger partial charge on any atom is -0.353 e. The third-order valence-electron chi connectivity index (χ3n) is 2.77. The van der Waals surface area contributed by atoms with Crippen LogP contribution in [0.5, 0.6) is 0 Å². The molecule has 0 amide bonds. The van der Waals surface area contributed by atoms with Crippen LogP contribution in [0.2, 0.25) is 0 Å². The molecule has 0 aliphatic rings. The quantitative estimate of drug-likeness (QED) is 0.617. The van der Waals surface area contributed by atoms with Crippen LogP contribution >= 0.6 is 0 Å². The molecule has 2 aromatic carbocycles. The third kappa shape index (κ3) is 1.52. The van der Waals surface area contributed by atoms with Crippen LogP contribution < -0.4 is 0 Å². The molecule has 0 aliphatic heterocycles. The largest absolute Gasteiger partial charge is 0.353 e. The van der Waals surface area contributed by atoms with E-state index in [0.29, 0.717) is 0 Å². The maximum Gasteiger partial charge on any atom is 0.110 e. The second kappa shape index (κ2) is 3.87. The van der Waals surface area contributed by atoms with E-state index in [-0.39, 0.29) is 0 Å². The van der Waals surface area contributed by atoms with Gasteiger partial charge >= 0.3 is 0 Å². The first-order chi connectivity index (χ1) is 8.40. The Balaban J connectivity index is 2.39. The highest BCUT2D eigenvalue weighted by Gasteiger charge is 2.06. The Morgan fingerprint density at radius 2 is 1.82 bits per heavy atom. The maximum absolute atomic E-state index is 4.12. The lowest BCUT2D eigenvalue weighted by Gasteiger charge is -1.94. The molecule has 0 unspecified atom stereocenters. The molecule has 3 aromatic rings. The fourth-order valence-corrected chi connectivity index (χ4v) is 2.04. The third-order valence-corrected chi connectivity index (χ3v) is 2.77. The van der Waals surface area contributed by atoms with Crippen LogP contribution in [0, 0.1) is 0 Å². The number of hydrogen-bond donors (Lipinski definition) is 1. The van der Waals surface area contributed by atoms with Crippen LogP contribution in [0.15, 0.2) is 65.5 Å². The molecule has 0 fully saturated rings. The van der Waals surface area contributed by atoms with Gasteiger partial charge in [0.25, 0.3) is 0 Å². The van der Waals surface area contributed by atoms with E-state index >= 15 is 0 Å². The number of fused-ring (bicyclic) bond motifs is 3. The number of azo groups is 1. The molecular weight excluding hydrogens is 210 g/mol. The molecule has 17 heavy (non-hydrogen) atoms. The van der Waals surface area contributed by atoms with E-state index in [1.807, 2.05) is 24.3 Å². The maximum atomic E-state index is 4.12. The Labute approximate surface area is 98.5 Å². The number of para-hydroxylation sites is 2. The topological polar surface area (TPSA) is 40.5 Å². The number of nitrogens with one attached hydrogen (secondary N) is 1. The summed E-state index contributed by atoms with van der Waals surface area (Å²) in [6.45, 7) is 3.53. The first-order valence-corrected chi connectivity index (χ1v) is 5.41. The van der Waals surface area contributed by atoms with Gasteiger partial charge in [0.1, 0.15) is 5.69 Å². The van der Waals surface area contributed by atoms with Gasteiger partial charge in [-0.2, -0.15) is 5.11 Å². The highest BCUT2D eigenvalue weighted by molar-refractivity contribution is 6.10. The summed E-state index contributed by atoms with van der Waals surface area (Å²) in [5.74, 6) is 0. The Bertz CT molecular complexity index is 722. The Hall–Kier alpha value is -2.42. The first-order valence-electron chi connectivity index (χ1n) is 5.41. The molecule has 1 aromatic heterocycles. The lowest BCUT2D eigenvalue weighted by atomic mass is 10.1. The molecule has 0 atom stereocenters. The molecular formula is C14H11N3. The minimum atomic E-state index is 0.832. The van der Waals surface area contributed by atoms with Gasteiger partial charge in [-0.1, -0.05) is 36.9 Å². The number of nitrogens with zero attached hydrogens (tertiary/aromatic N) is 2. The van der Waals surface area contributed by atoms with Crippen molar-refractivity contribution >= 4 is 27.5 Å². The number of benzene rings is 2. The number of hydrogen-bond acceptors (Lipinski definition) is 2. The van der Waals surface area contributed by atoms with E-state index in [1.54, 1.807) is 0 Å². The molecule has 0 aliphatic carbocycles. The van der Waals surface area contributed by atoms with E-state index in [9.17, 15) is 0 Å². The van der Waals surface area contributed by atoms with Gasteiger partial charge < -0.3 is 4.98 Å². The highest BCUT2D eigenvalue weighted by atomic mass is 15.1. The summed E-state index contributed by atoms with van der Waals surface area (Å²) in [5, 5.41) is 10.3. The van der Waals surface area contributed by atoms with Gasteiger partial charge in [-0.15, -0.1) is 5.11 Å². The van der Waals surface area contributed by atoms with Crippen molar-refractivity contribution in [2.45, 2.75) is 0 Å². The van der Waals surface area contributed by atoms with Crippen molar-refractivity contribution < 1.29 is 0 Å². The van der Waals surface area contributed by atoms with Crippen LogP contribution in [-0.4, -0.2) is 4.98 Å². The molecule has 0 bridgehead atoms. The first kappa shape index (κ1) is 9.78. The van der Waals surface area contributed by atoms with Crippen LogP contribution in [-0.2, 0) is 0 Å². The Morgan fingerprint density at radius 3 is 2.71 bits per heavy atom. The van der Waals surface area contributed by atoms with Crippen molar-refractivity contribution in [3.05, 3.63) is 55.2 Å². The van der Waals surface area contributed by atoms with Gasteiger partial charge in [0.15, 0.2) is 0 Å². The zero-order chi connectivity index (χ0) is 11.7. The standard InChI is InChI=1S/C14H11N3/c1-2-15-17-13-9-5-7-11-10-6-3-4-8-12(10)16-14(11)13/h2-9,16H,1H2. The second-order valence-electron chi connectivity index (χ2n) is 3.77. The van der Waals surface area contributed by atoms with E-state index in [1.165, 1.54) is 17.0 Å². The van der Waals surface area contributed by atoms with Crippen molar-refractivity contribution in [1.29, 1.82) is 0 Å². The van der Waals surface area contributed by atoms with E-state index in [2.05, 4.69) is 40.0 Å². The zero-order valence-corrected chi connectivity index (χ0v) is 9.22. The predicted molar refractivity (Wildman–Crippen MR) is 70.5 cm³/mol. The molecule has 3 rings (SSSR count). The Morgan fingerprint density at radius 1 is 1.00 bits per heavy atom. The fraction of sp³-hybridized carbons (Fsp3) is 0. The molecule has 1 heterocycles. The lowest BCUT2D eigenvalue weighted by molar-refractivity contribution is 1.24. The lowest BCUT2D eigenvalue weighted by Crippen LogP contribution is -1.68. The Kier molecular flexibility index (Phi) is 2.22. The van der Waals surface area contributed by atoms with Crippen molar-refractivity contribution in [2.24, 2.45) is 10.2 Å². The zero-order valence-electron chi connectivity index (χ0n) is 9.22. The molecule has 0 spiro atoms. The molecule has 0 saturated heterocycles. The normalized spacial score (nSPS) is 11.5. The number of aromatic amines is 1. The summed E-state index contributed by atoms with van der Waals surface area (Å²) in [6, 6.07) is 14.2. The summed E-state index contributed by atoms with van der Waals surface area (Å²) in [7, 11) is 0. The average Bonchev–Trinajstić information content (AvgIpc) is 2.75. The van der Waals surface area contributed by atoms with Crippen molar-refractivity contribution in [3.8, 4) is 0 Å². The number of rotatable bonds is 2. The van der Waals surface area contributed by atoms with Gasteiger partial charge in [0.05, 0.1) is 5.52 Å². The van der Waals surface area contributed by atoms with Gasteiger partial charge in [-0.3, -0.25) is 0 Å². The second-order valence-corrected chi connectivity index (χ2v) is 3.77. The van der Waals surface area contributed by atoms with Crippen molar-refractivity contribution in [2.75, 3.05) is 0 Å². The summed E-state index contributed by atoms with van der Waals surface area (Å²) >= 11 is 0. The summed E-state index contributed by atoms with van der Waals surface area (Å²) in [4.78, 5) is 3.37.